The number of sulfonamides is 1. The van der Waals surface area contributed by atoms with E-state index in [0.717, 1.165) is 18.4 Å². The molecular weight excluding hydrogens is 588 g/mol. The van der Waals surface area contributed by atoms with Crippen LogP contribution in [-0.2, 0) is 29.2 Å². The highest BCUT2D eigenvalue weighted by molar-refractivity contribution is 7.89. The van der Waals surface area contributed by atoms with Crippen molar-refractivity contribution in [3.8, 4) is 0 Å². The monoisotopic (exact) mass is 632 g/mol. The Labute approximate surface area is 259 Å². The van der Waals surface area contributed by atoms with Crippen molar-refractivity contribution in [2.24, 2.45) is 11.8 Å². The Morgan fingerprint density at radius 1 is 1.00 bits per heavy atom. The smallest absolute Gasteiger partial charge is 0.306 e. The van der Waals surface area contributed by atoms with E-state index in [0.29, 0.717) is 71.0 Å². The van der Waals surface area contributed by atoms with E-state index in [2.05, 4.69) is 15.2 Å². The lowest BCUT2D eigenvalue weighted by molar-refractivity contribution is -0.143. The van der Waals surface area contributed by atoms with Crippen molar-refractivity contribution in [2.45, 2.75) is 75.2 Å². The molecule has 14 heteroatoms. The van der Waals surface area contributed by atoms with E-state index >= 15 is 0 Å². The minimum absolute atomic E-state index is 0.0478. The maximum atomic E-state index is 13.5. The Hall–Kier alpha value is -3.10. The van der Waals surface area contributed by atoms with Gasteiger partial charge in [0.15, 0.2) is 0 Å². The first-order valence-electron chi connectivity index (χ1n) is 15.7. The van der Waals surface area contributed by atoms with E-state index in [1.165, 1.54) is 0 Å². The molecule has 3 atom stereocenters. The summed E-state index contributed by atoms with van der Waals surface area (Å²) in [7, 11) is -1.86. The van der Waals surface area contributed by atoms with Crippen LogP contribution in [0.2, 0.25) is 0 Å². The zero-order valence-electron chi connectivity index (χ0n) is 25.5. The van der Waals surface area contributed by atoms with Crippen LogP contribution in [-0.4, -0.2) is 125 Å². The van der Waals surface area contributed by atoms with Crippen molar-refractivity contribution in [1.82, 2.24) is 29.3 Å². The van der Waals surface area contributed by atoms with E-state index in [1.54, 1.807) is 46.5 Å². The van der Waals surface area contributed by atoms with Crippen molar-refractivity contribution in [2.75, 3.05) is 46.3 Å². The number of likely N-dealkylation sites (tertiary alicyclic amines) is 2. The highest BCUT2D eigenvalue weighted by atomic mass is 32.2. The van der Waals surface area contributed by atoms with Crippen LogP contribution in [0.5, 0.6) is 0 Å². The number of rotatable bonds is 8. The second kappa shape index (κ2) is 13.5. The van der Waals surface area contributed by atoms with Crippen LogP contribution < -0.4 is 5.32 Å². The zero-order chi connectivity index (χ0) is 31.6. The molecule has 0 aromatic carbocycles. The predicted molar refractivity (Wildman–Crippen MR) is 161 cm³/mol. The number of hydrogen-bond acceptors (Lipinski definition) is 8. The summed E-state index contributed by atoms with van der Waals surface area (Å²) in [6, 6.07) is 2.61. The summed E-state index contributed by atoms with van der Waals surface area (Å²) in [4.78, 5) is 59.8. The molecule has 4 heterocycles. The molecule has 0 unspecified atom stereocenters. The number of nitrogens with zero attached hydrogens (tertiary/aromatic N) is 5. The lowest BCUT2D eigenvalue weighted by Crippen LogP contribution is -2.56. The van der Waals surface area contributed by atoms with Crippen molar-refractivity contribution in [3.63, 3.8) is 0 Å². The lowest BCUT2D eigenvalue weighted by atomic mass is 9.85. The first kappa shape index (κ1) is 32.3. The Balaban J connectivity index is 1.09. The molecule has 1 aromatic heterocycles. The van der Waals surface area contributed by atoms with Gasteiger partial charge in [-0.3, -0.25) is 29.1 Å². The quantitative estimate of drug-likeness (QED) is 0.420. The minimum atomic E-state index is -3.52. The number of hydrogen-bond donors (Lipinski definition) is 2. The van der Waals surface area contributed by atoms with E-state index in [9.17, 15) is 32.7 Å². The molecule has 0 bridgehead atoms. The first-order chi connectivity index (χ1) is 21.0. The number of pyridine rings is 1. The average Bonchev–Trinajstić information content (AvgIpc) is 3.34. The summed E-state index contributed by atoms with van der Waals surface area (Å²) in [5, 5.41) is 11.5. The molecule has 44 heavy (non-hydrogen) atoms. The van der Waals surface area contributed by atoms with Gasteiger partial charge in [0.2, 0.25) is 27.7 Å². The number of nitrogens with one attached hydrogen (secondary N) is 1. The Morgan fingerprint density at radius 2 is 1.66 bits per heavy atom. The maximum absolute atomic E-state index is 13.5. The van der Waals surface area contributed by atoms with E-state index in [-0.39, 0.29) is 30.1 Å². The van der Waals surface area contributed by atoms with Gasteiger partial charge < -0.3 is 20.2 Å². The van der Waals surface area contributed by atoms with Crippen molar-refractivity contribution in [1.29, 1.82) is 0 Å². The number of carboxylic acid groups (broad SMARTS) is 1. The Kier molecular flexibility index (Phi) is 9.90. The van der Waals surface area contributed by atoms with Crippen molar-refractivity contribution >= 4 is 33.7 Å². The van der Waals surface area contributed by atoms with Gasteiger partial charge in [-0.15, -0.1) is 0 Å². The highest BCUT2D eigenvalue weighted by Crippen LogP contribution is 2.37. The summed E-state index contributed by atoms with van der Waals surface area (Å²) in [5.41, 5.74) is 0.757. The minimum Gasteiger partial charge on any atom is -0.481 e. The molecule has 1 aliphatic carbocycles. The molecule has 4 aliphatic rings. The second-order valence-electron chi connectivity index (χ2n) is 12.6. The zero-order valence-corrected chi connectivity index (χ0v) is 26.3. The Morgan fingerprint density at radius 3 is 2.25 bits per heavy atom. The number of aromatic nitrogens is 1. The van der Waals surface area contributed by atoms with Crippen LogP contribution >= 0.6 is 0 Å². The summed E-state index contributed by atoms with van der Waals surface area (Å²) in [6.07, 6.45) is 6.98. The number of aliphatic carboxylic acids is 1. The summed E-state index contributed by atoms with van der Waals surface area (Å²) < 4.78 is 28.6. The van der Waals surface area contributed by atoms with Crippen LogP contribution in [0.25, 0.3) is 0 Å². The van der Waals surface area contributed by atoms with E-state index in [4.69, 9.17) is 0 Å². The second-order valence-corrected chi connectivity index (χ2v) is 14.8. The molecule has 3 amide bonds. The van der Waals surface area contributed by atoms with Gasteiger partial charge in [-0.05, 0) is 57.1 Å². The van der Waals surface area contributed by atoms with Crippen LogP contribution in [0.1, 0.15) is 63.5 Å². The molecule has 5 rings (SSSR count). The maximum Gasteiger partial charge on any atom is 0.306 e. The molecule has 4 fully saturated rings. The molecule has 3 aliphatic heterocycles. The Bertz CT molecular complexity index is 1320. The molecular formula is C30H44N6O7S. The third-order valence-corrected chi connectivity index (χ3v) is 12.4. The summed E-state index contributed by atoms with van der Waals surface area (Å²) in [6.45, 7) is 4.32. The summed E-state index contributed by atoms with van der Waals surface area (Å²) in [5.74, 6) is -2.43. The van der Waals surface area contributed by atoms with Gasteiger partial charge in [0.05, 0.1) is 23.1 Å². The van der Waals surface area contributed by atoms with Gasteiger partial charge in [0.1, 0.15) is 6.04 Å². The van der Waals surface area contributed by atoms with Gasteiger partial charge in [0.25, 0.3) is 0 Å². The first-order valence-corrected chi connectivity index (χ1v) is 17.2. The normalized spacial score (nSPS) is 28.5. The molecule has 1 saturated carbocycles. The fraction of sp³-hybridized carbons (Fsp3) is 0.700. The van der Waals surface area contributed by atoms with Crippen LogP contribution in [0.3, 0.4) is 0 Å². The summed E-state index contributed by atoms with van der Waals surface area (Å²) >= 11 is 0. The van der Waals surface area contributed by atoms with Crippen LogP contribution in [0.4, 0.5) is 0 Å². The lowest BCUT2D eigenvalue weighted by Gasteiger charge is -2.42. The number of carboxylic acids is 1. The number of carbonyl (C=O) groups is 4. The van der Waals surface area contributed by atoms with Gasteiger partial charge in [-0.2, -0.15) is 4.31 Å². The van der Waals surface area contributed by atoms with E-state index in [1.807, 2.05) is 6.07 Å². The fourth-order valence-corrected chi connectivity index (χ4v) is 9.26. The van der Waals surface area contributed by atoms with Gasteiger partial charge in [-0.25, -0.2) is 8.42 Å². The van der Waals surface area contributed by atoms with Crippen LogP contribution in [0.15, 0.2) is 24.5 Å². The van der Waals surface area contributed by atoms with Gasteiger partial charge >= 0.3 is 5.97 Å². The fourth-order valence-electron chi connectivity index (χ4n) is 7.36. The van der Waals surface area contributed by atoms with E-state index < -0.39 is 39.2 Å². The molecule has 2 N–H and O–H groups in total. The van der Waals surface area contributed by atoms with Gasteiger partial charge in [0, 0.05) is 71.2 Å². The SMILES string of the molecule is C[C@H](NC(=O)[C@H]1CC(=O)N(C)[C@@H]1c1cccnc1)C(=O)N1CCC(S(=O)(=O)N2CCN([C@H]3CC[C@H](C(=O)O)CC3)CC2)CC1. The number of amides is 3. The topological polar surface area (TPSA) is 161 Å². The van der Waals surface area contributed by atoms with Crippen LogP contribution in [0, 0.1) is 11.8 Å². The third-order valence-electron chi connectivity index (χ3n) is 10.0. The molecule has 0 radical (unpaired) electrons. The molecule has 13 nitrogen and oxygen atoms in total. The molecule has 3 saturated heterocycles. The third kappa shape index (κ3) is 6.76. The van der Waals surface area contributed by atoms with Crippen molar-refractivity contribution in [3.05, 3.63) is 30.1 Å². The molecule has 1 aromatic rings. The largest absolute Gasteiger partial charge is 0.481 e. The molecule has 0 spiro atoms. The average molecular weight is 633 g/mol. The van der Waals surface area contributed by atoms with Crippen molar-refractivity contribution < 1.29 is 32.7 Å². The molecule has 242 valence electrons. The standard InChI is InChI=1S/C30H44N6O7S/c1-20(32-28(38)25-18-26(37)33(2)27(25)22-4-3-11-31-19-22)29(39)35-12-9-24(10-13-35)44(42,43)36-16-14-34(15-17-36)23-7-5-21(6-8-23)30(40)41/h3-4,11,19-21,23-25,27H,5-10,12-18H2,1-2H3,(H,32,38)(H,40,41)/t20-,21-,23-,25-,27+/m0/s1. The van der Waals surface area contributed by atoms with Gasteiger partial charge in [-0.1, -0.05) is 6.07 Å². The number of piperazine rings is 1. The number of carbonyl (C=O) groups excluding carboxylic acids is 3. The predicted octanol–water partition coefficient (Wildman–Crippen LogP) is 0.688. The highest BCUT2D eigenvalue weighted by Gasteiger charge is 2.44. The number of piperidine rings is 1.